The minimum Gasteiger partial charge on any atom is -0.481 e. The number of piperazine rings is 1. The number of nitrogens with zero attached hydrogens (tertiary/aromatic N) is 4. The first-order chi connectivity index (χ1) is 25.4. The molecule has 4 aromatic rings. The fraction of sp³-hybridized carbons (Fsp3) is 0.415. The number of benzene rings is 3. The van der Waals surface area contributed by atoms with E-state index in [1.807, 2.05) is 48.5 Å². The number of unbranched alkanes of at least 4 members (excludes halogenated alkanes) is 3. The number of nitrogens with one attached hydrogen (secondary N) is 1. The molecular weight excluding hydrogens is 658 g/mol. The van der Waals surface area contributed by atoms with Crippen molar-refractivity contribution in [2.24, 2.45) is 0 Å². The molecule has 2 fully saturated rings. The molecule has 0 saturated carbocycles. The van der Waals surface area contributed by atoms with Gasteiger partial charge in [0.15, 0.2) is 6.29 Å². The SMILES string of the molecule is O=C(O)CCCCCCC(=O)NCc1ccccc1-c1ccc(C2OC(CN3CCN(c4ncccn4)CC3)CC(c3ccc(CO)cc3)O2)cc1. The van der Waals surface area contributed by atoms with Gasteiger partial charge < -0.3 is 29.9 Å². The molecule has 0 bridgehead atoms. The minimum absolute atomic E-state index is 0.000405. The molecule has 1 aromatic heterocycles. The lowest BCUT2D eigenvalue weighted by Gasteiger charge is -2.40. The number of anilines is 1. The number of aliphatic hydroxyl groups is 1. The number of aliphatic carboxylic acids is 1. The standard InChI is InChI=1S/C41H49N5O6/c47-29-30-12-14-32(15-13-30)37-26-35(28-45-22-24-46(25-23-45)41-42-20-7-21-43-41)51-40(52-37)33-18-16-31(17-19-33)36-9-6-5-8-34(36)27-44-38(48)10-3-1-2-4-11-39(49)50/h5-9,12-21,35,37,40,47H,1-4,10-11,22-29H2,(H,44,48)(H,49,50). The second-order valence-electron chi connectivity index (χ2n) is 13.6. The van der Waals surface area contributed by atoms with Crippen molar-refractivity contribution in [3.8, 4) is 11.1 Å². The number of hydrogen-bond acceptors (Lipinski definition) is 9. The van der Waals surface area contributed by atoms with Crippen LogP contribution >= 0.6 is 0 Å². The normalized spacial score (nSPS) is 19.3. The lowest BCUT2D eigenvalue weighted by Crippen LogP contribution is -2.50. The van der Waals surface area contributed by atoms with E-state index in [1.165, 1.54) is 0 Å². The van der Waals surface area contributed by atoms with Gasteiger partial charge in [-0.2, -0.15) is 0 Å². The molecule has 3 N–H and O–H groups in total. The van der Waals surface area contributed by atoms with Gasteiger partial charge in [-0.05, 0) is 46.7 Å². The van der Waals surface area contributed by atoms with Gasteiger partial charge in [-0.3, -0.25) is 14.5 Å². The van der Waals surface area contributed by atoms with E-state index in [4.69, 9.17) is 14.6 Å². The Labute approximate surface area is 305 Å². The predicted octanol–water partition coefficient (Wildman–Crippen LogP) is 6.04. The van der Waals surface area contributed by atoms with E-state index in [-0.39, 0.29) is 31.1 Å². The summed E-state index contributed by atoms with van der Waals surface area (Å²) in [7, 11) is 0. The summed E-state index contributed by atoms with van der Waals surface area (Å²) in [5.41, 5.74) is 5.98. The van der Waals surface area contributed by atoms with Crippen LogP contribution in [0.2, 0.25) is 0 Å². The smallest absolute Gasteiger partial charge is 0.303 e. The quantitative estimate of drug-likeness (QED) is 0.118. The average Bonchev–Trinajstić information content (AvgIpc) is 3.19. The van der Waals surface area contributed by atoms with Crippen molar-refractivity contribution in [2.75, 3.05) is 37.6 Å². The maximum atomic E-state index is 12.6. The summed E-state index contributed by atoms with van der Waals surface area (Å²) in [5, 5.41) is 21.4. The number of carbonyl (C=O) groups excluding carboxylic acids is 1. The Morgan fingerprint density at radius 2 is 1.48 bits per heavy atom. The van der Waals surface area contributed by atoms with Crippen LogP contribution in [0.15, 0.2) is 91.3 Å². The molecule has 2 aliphatic rings. The third-order valence-electron chi connectivity index (χ3n) is 9.82. The van der Waals surface area contributed by atoms with E-state index < -0.39 is 12.3 Å². The first-order valence-electron chi connectivity index (χ1n) is 18.4. The molecule has 2 saturated heterocycles. The van der Waals surface area contributed by atoms with Crippen molar-refractivity contribution in [3.63, 3.8) is 0 Å². The average molecular weight is 708 g/mol. The Morgan fingerprint density at radius 3 is 2.19 bits per heavy atom. The van der Waals surface area contributed by atoms with Crippen LogP contribution < -0.4 is 10.2 Å². The maximum absolute atomic E-state index is 12.6. The Kier molecular flexibility index (Phi) is 13.3. The second-order valence-corrected chi connectivity index (χ2v) is 13.6. The zero-order valence-electron chi connectivity index (χ0n) is 29.6. The van der Waals surface area contributed by atoms with Crippen molar-refractivity contribution in [2.45, 2.75) is 76.6 Å². The number of carboxylic acid groups (broad SMARTS) is 1. The zero-order valence-corrected chi connectivity index (χ0v) is 29.6. The molecule has 3 heterocycles. The molecule has 0 radical (unpaired) electrons. The molecule has 52 heavy (non-hydrogen) atoms. The molecule has 0 spiro atoms. The molecule has 6 rings (SSSR count). The number of carboxylic acids is 1. The number of carbonyl (C=O) groups is 2. The topological polar surface area (TPSA) is 137 Å². The molecule has 3 aromatic carbocycles. The van der Waals surface area contributed by atoms with Crippen molar-refractivity contribution >= 4 is 17.8 Å². The van der Waals surface area contributed by atoms with E-state index in [0.717, 1.165) is 97.7 Å². The fourth-order valence-electron chi connectivity index (χ4n) is 6.88. The van der Waals surface area contributed by atoms with Crippen LogP contribution in [0.5, 0.6) is 0 Å². The summed E-state index contributed by atoms with van der Waals surface area (Å²) in [4.78, 5) is 36.7. The van der Waals surface area contributed by atoms with Crippen molar-refractivity contribution in [1.82, 2.24) is 20.2 Å². The molecule has 3 atom stereocenters. The summed E-state index contributed by atoms with van der Waals surface area (Å²) in [6, 6.07) is 26.2. The van der Waals surface area contributed by atoms with Crippen LogP contribution in [-0.2, 0) is 32.2 Å². The van der Waals surface area contributed by atoms with Gasteiger partial charge in [-0.1, -0.05) is 85.6 Å². The van der Waals surface area contributed by atoms with Crippen LogP contribution in [0.25, 0.3) is 11.1 Å². The van der Waals surface area contributed by atoms with E-state index in [0.29, 0.717) is 19.4 Å². The Balaban J connectivity index is 1.09. The van der Waals surface area contributed by atoms with Gasteiger partial charge in [0.1, 0.15) is 0 Å². The van der Waals surface area contributed by atoms with Gasteiger partial charge in [0.05, 0.1) is 18.8 Å². The summed E-state index contributed by atoms with van der Waals surface area (Å²) >= 11 is 0. The van der Waals surface area contributed by atoms with Crippen LogP contribution in [0.4, 0.5) is 5.95 Å². The molecule has 11 nitrogen and oxygen atoms in total. The monoisotopic (exact) mass is 707 g/mol. The molecule has 3 unspecified atom stereocenters. The third kappa shape index (κ3) is 10.4. The zero-order chi connectivity index (χ0) is 36.1. The highest BCUT2D eigenvalue weighted by Gasteiger charge is 2.34. The van der Waals surface area contributed by atoms with E-state index in [2.05, 4.69) is 55.4 Å². The van der Waals surface area contributed by atoms with E-state index in [9.17, 15) is 14.7 Å². The Bertz CT molecular complexity index is 1710. The highest BCUT2D eigenvalue weighted by molar-refractivity contribution is 5.76. The predicted molar refractivity (Wildman–Crippen MR) is 198 cm³/mol. The molecule has 0 aliphatic carbocycles. The molecular formula is C41H49N5O6. The van der Waals surface area contributed by atoms with E-state index >= 15 is 0 Å². The lowest BCUT2D eigenvalue weighted by molar-refractivity contribution is -0.253. The van der Waals surface area contributed by atoms with Crippen LogP contribution in [0.1, 0.15) is 79.6 Å². The fourth-order valence-corrected chi connectivity index (χ4v) is 6.88. The number of aromatic nitrogens is 2. The first-order valence-corrected chi connectivity index (χ1v) is 18.4. The van der Waals surface area contributed by atoms with Crippen molar-refractivity contribution in [1.29, 1.82) is 0 Å². The number of aliphatic hydroxyl groups excluding tert-OH is 1. The minimum atomic E-state index is -0.776. The first kappa shape index (κ1) is 37.1. The number of hydrogen-bond donors (Lipinski definition) is 3. The van der Waals surface area contributed by atoms with Crippen LogP contribution in [-0.4, -0.2) is 75.8 Å². The van der Waals surface area contributed by atoms with Crippen LogP contribution in [0, 0.1) is 0 Å². The Morgan fingerprint density at radius 1 is 0.788 bits per heavy atom. The molecule has 274 valence electrons. The van der Waals surface area contributed by atoms with Gasteiger partial charge in [-0.15, -0.1) is 0 Å². The van der Waals surface area contributed by atoms with Crippen molar-refractivity contribution in [3.05, 3.63) is 114 Å². The third-order valence-corrected chi connectivity index (χ3v) is 9.82. The summed E-state index contributed by atoms with van der Waals surface area (Å²) in [5.74, 6) is -0.00986. The van der Waals surface area contributed by atoms with E-state index in [1.54, 1.807) is 12.4 Å². The highest BCUT2D eigenvalue weighted by Crippen LogP contribution is 2.39. The number of rotatable bonds is 16. The van der Waals surface area contributed by atoms with Crippen LogP contribution in [0.3, 0.4) is 0 Å². The Hall–Kier alpha value is -4.68. The van der Waals surface area contributed by atoms with Gasteiger partial charge in [0, 0.05) is 76.5 Å². The molecule has 2 aliphatic heterocycles. The second kappa shape index (κ2) is 18.7. The van der Waals surface area contributed by atoms with Gasteiger partial charge in [-0.25, -0.2) is 9.97 Å². The van der Waals surface area contributed by atoms with Gasteiger partial charge in [0.25, 0.3) is 0 Å². The number of ether oxygens (including phenoxy) is 2. The van der Waals surface area contributed by atoms with Crippen molar-refractivity contribution < 1.29 is 29.3 Å². The van der Waals surface area contributed by atoms with Gasteiger partial charge in [0.2, 0.25) is 11.9 Å². The molecule has 11 heteroatoms. The summed E-state index contributed by atoms with van der Waals surface area (Å²) in [6.45, 7) is 4.70. The lowest BCUT2D eigenvalue weighted by atomic mass is 9.97. The number of amides is 1. The largest absolute Gasteiger partial charge is 0.481 e. The maximum Gasteiger partial charge on any atom is 0.303 e. The van der Waals surface area contributed by atoms with Gasteiger partial charge >= 0.3 is 5.97 Å². The summed E-state index contributed by atoms with van der Waals surface area (Å²) in [6.07, 6.45) is 7.18. The molecule has 1 amide bonds. The highest BCUT2D eigenvalue weighted by atomic mass is 16.7. The summed E-state index contributed by atoms with van der Waals surface area (Å²) < 4.78 is 13.3.